The van der Waals surface area contributed by atoms with Crippen molar-refractivity contribution in [2.45, 2.75) is 44.7 Å². The van der Waals surface area contributed by atoms with Crippen molar-refractivity contribution >= 4 is 23.3 Å². The van der Waals surface area contributed by atoms with Crippen molar-refractivity contribution < 1.29 is 9.26 Å². The van der Waals surface area contributed by atoms with E-state index in [2.05, 4.69) is 15.5 Å². The van der Waals surface area contributed by atoms with E-state index >= 15 is 0 Å². The van der Waals surface area contributed by atoms with Crippen LogP contribution in [0.15, 0.2) is 27.5 Å². The number of aromatic nitrogens is 4. The number of hydrogen-bond donors (Lipinski definition) is 1. The lowest BCUT2D eigenvalue weighted by Gasteiger charge is -2.20. The van der Waals surface area contributed by atoms with Crippen LogP contribution in [0.5, 0.6) is 0 Å². The van der Waals surface area contributed by atoms with Gasteiger partial charge < -0.3 is 14.6 Å². The first-order valence-corrected chi connectivity index (χ1v) is 9.98. The second kappa shape index (κ2) is 8.61. The number of morpholine rings is 1. The van der Waals surface area contributed by atoms with Crippen LogP contribution >= 0.6 is 12.4 Å². The summed E-state index contributed by atoms with van der Waals surface area (Å²) < 4.78 is 12.8. The molecule has 1 saturated heterocycles. The molecule has 1 atom stereocenters. The van der Waals surface area contributed by atoms with E-state index in [-0.39, 0.29) is 24.0 Å². The van der Waals surface area contributed by atoms with E-state index in [0.29, 0.717) is 35.8 Å². The van der Waals surface area contributed by atoms with Gasteiger partial charge in [0, 0.05) is 25.1 Å². The number of ether oxygens (including phenoxy) is 1. The number of aryl methyl sites for hydroxylation is 1. The first-order chi connectivity index (χ1) is 13.8. The molecule has 154 valence electrons. The molecular formula is C20H24ClN5O3. The summed E-state index contributed by atoms with van der Waals surface area (Å²) in [4.78, 5) is 22.3. The molecule has 0 radical (unpaired) electrons. The van der Waals surface area contributed by atoms with E-state index < -0.39 is 0 Å². The molecule has 5 rings (SSSR count). The lowest BCUT2D eigenvalue weighted by atomic mass is 10.1. The summed E-state index contributed by atoms with van der Waals surface area (Å²) in [5.41, 5.74) is 1.50. The summed E-state index contributed by atoms with van der Waals surface area (Å²) in [7, 11) is 0. The monoisotopic (exact) mass is 417 g/mol. The maximum absolute atomic E-state index is 12.9. The van der Waals surface area contributed by atoms with Gasteiger partial charge in [0.2, 0.25) is 0 Å². The van der Waals surface area contributed by atoms with Gasteiger partial charge in [-0.2, -0.15) is 4.98 Å². The Kier molecular flexibility index (Phi) is 5.94. The molecule has 4 heterocycles. The topological polar surface area (TPSA) is 95.1 Å². The average Bonchev–Trinajstić information content (AvgIpc) is 3.20. The van der Waals surface area contributed by atoms with Crippen molar-refractivity contribution in [2.75, 3.05) is 19.8 Å². The normalized spacial score (nSPS) is 19.8. The molecule has 29 heavy (non-hydrogen) atoms. The van der Waals surface area contributed by atoms with E-state index in [9.17, 15) is 4.79 Å². The van der Waals surface area contributed by atoms with E-state index in [0.717, 1.165) is 43.7 Å². The highest BCUT2D eigenvalue weighted by Crippen LogP contribution is 2.24. The molecule has 2 aromatic heterocycles. The van der Waals surface area contributed by atoms with Crippen LogP contribution in [0.4, 0.5) is 0 Å². The molecule has 8 nitrogen and oxygen atoms in total. The molecular weight excluding hydrogens is 394 g/mol. The first kappa shape index (κ1) is 20.0. The minimum Gasteiger partial charge on any atom is -0.378 e. The zero-order chi connectivity index (χ0) is 18.9. The molecule has 0 spiro atoms. The summed E-state index contributed by atoms with van der Waals surface area (Å²) in [6.07, 6.45) is 5.30. The van der Waals surface area contributed by atoms with E-state index in [1.54, 1.807) is 0 Å². The zero-order valence-corrected chi connectivity index (χ0v) is 16.9. The van der Waals surface area contributed by atoms with Gasteiger partial charge in [0.05, 0.1) is 30.2 Å². The standard InChI is InChI=1S/C20H23N5O3.ClH/c26-20-14-7-6-13(19-23-18(24-28-19)16-12-27-10-8-21-16)11-15(14)22-17-5-3-1-2-4-9-25(17)20;/h6-7,11,16,21H,1-5,8-10,12H2;1H. The SMILES string of the molecule is Cl.O=c1c2ccc(-c3nc(C4COCCN4)no3)cc2nc2n1CCCCCC2. The summed E-state index contributed by atoms with van der Waals surface area (Å²) in [5.74, 6) is 1.89. The molecule has 3 aromatic rings. The van der Waals surface area contributed by atoms with Crippen molar-refractivity contribution in [3.8, 4) is 11.5 Å². The third kappa shape index (κ3) is 3.92. The second-order valence-electron chi connectivity index (χ2n) is 7.42. The molecule has 1 unspecified atom stereocenters. The summed E-state index contributed by atoms with van der Waals surface area (Å²) in [6.45, 7) is 2.74. The van der Waals surface area contributed by atoms with Crippen LogP contribution in [0.3, 0.4) is 0 Å². The van der Waals surface area contributed by atoms with Crippen LogP contribution in [0.2, 0.25) is 0 Å². The van der Waals surface area contributed by atoms with Crippen LogP contribution in [0.1, 0.15) is 43.4 Å². The predicted octanol–water partition coefficient (Wildman–Crippen LogP) is 2.65. The number of fused-ring (bicyclic) bond motifs is 2. The van der Waals surface area contributed by atoms with Crippen LogP contribution < -0.4 is 10.9 Å². The smallest absolute Gasteiger partial charge is 0.261 e. The number of rotatable bonds is 2. The molecule has 0 saturated carbocycles. The molecule has 2 aliphatic rings. The Labute approximate surface area is 174 Å². The van der Waals surface area contributed by atoms with E-state index in [1.807, 2.05) is 22.8 Å². The van der Waals surface area contributed by atoms with Gasteiger partial charge in [-0.1, -0.05) is 18.0 Å². The van der Waals surface area contributed by atoms with Gasteiger partial charge >= 0.3 is 0 Å². The number of nitrogens with one attached hydrogen (secondary N) is 1. The highest BCUT2D eigenvalue weighted by atomic mass is 35.5. The van der Waals surface area contributed by atoms with Gasteiger partial charge in [-0.3, -0.25) is 9.36 Å². The van der Waals surface area contributed by atoms with E-state index in [1.165, 1.54) is 12.8 Å². The van der Waals surface area contributed by atoms with Crippen molar-refractivity contribution in [1.82, 2.24) is 25.0 Å². The molecule has 0 aliphatic carbocycles. The Morgan fingerprint density at radius 3 is 2.90 bits per heavy atom. The summed E-state index contributed by atoms with van der Waals surface area (Å²) >= 11 is 0. The maximum atomic E-state index is 12.9. The highest BCUT2D eigenvalue weighted by molar-refractivity contribution is 5.85. The fourth-order valence-electron chi connectivity index (χ4n) is 3.95. The lowest BCUT2D eigenvalue weighted by molar-refractivity contribution is 0.0734. The van der Waals surface area contributed by atoms with Gasteiger partial charge in [0.1, 0.15) is 5.82 Å². The molecule has 0 bridgehead atoms. The molecule has 0 amide bonds. The van der Waals surface area contributed by atoms with Crippen LogP contribution in [-0.4, -0.2) is 39.5 Å². The number of hydrogen-bond acceptors (Lipinski definition) is 7. The predicted molar refractivity (Wildman–Crippen MR) is 110 cm³/mol. The quantitative estimate of drug-likeness (QED) is 0.684. The fraction of sp³-hybridized carbons (Fsp3) is 0.500. The average molecular weight is 418 g/mol. The Balaban J connectivity index is 0.00000205. The summed E-state index contributed by atoms with van der Waals surface area (Å²) in [6, 6.07) is 5.48. The molecule has 1 fully saturated rings. The van der Waals surface area contributed by atoms with Crippen LogP contribution in [0, 0.1) is 0 Å². The molecule has 9 heteroatoms. The summed E-state index contributed by atoms with van der Waals surface area (Å²) in [5, 5.41) is 8.04. The van der Waals surface area contributed by atoms with Gasteiger partial charge in [-0.15, -0.1) is 12.4 Å². The van der Waals surface area contributed by atoms with Crippen molar-refractivity contribution in [1.29, 1.82) is 0 Å². The Hall–Kier alpha value is -2.29. The molecule has 1 N–H and O–H groups in total. The van der Waals surface area contributed by atoms with Gasteiger partial charge in [0.25, 0.3) is 11.4 Å². The molecule has 2 aliphatic heterocycles. The Bertz CT molecular complexity index is 1060. The van der Waals surface area contributed by atoms with Crippen LogP contribution in [0.25, 0.3) is 22.4 Å². The molecule has 1 aromatic carbocycles. The third-order valence-corrected chi connectivity index (χ3v) is 5.49. The largest absolute Gasteiger partial charge is 0.378 e. The van der Waals surface area contributed by atoms with Gasteiger partial charge in [-0.25, -0.2) is 4.98 Å². The van der Waals surface area contributed by atoms with Gasteiger partial charge in [-0.05, 0) is 31.0 Å². The number of halogens is 1. The van der Waals surface area contributed by atoms with Gasteiger partial charge in [0.15, 0.2) is 5.82 Å². The highest BCUT2D eigenvalue weighted by Gasteiger charge is 2.22. The second-order valence-corrected chi connectivity index (χ2v) is 7.42. The Morgan fingerprint density at radius 1 is 1.14 bits per heavy atom. The van der Waals surface area contributed by atoms with Crippen molar-refractivity contribution in [3.63, 3.8) is 0 Å². The van der Waals surface area contributed by atoms with Crippen molar-refractivity contribution in [3.05, 3.63) is 40.2 Å². The maximum Gasteiger partial charge on any atom is 0.261 e. The number of benzene rings is 1. The lowest BCUT2D eigenvalue weighted by Crippen LogP contribution is -2.35. The zero-order valence-electron chi connectivity index (χ0n) is 16.1. The van der Waals surface area contributed by atoms with Crippen LogP contribution in [-0.2, 0) is 17.7 Å². The minimum absolute atomic E-state index is 0. The number of nitrogens with zero attached hydrogens (tertiary/aromatic N) is 4. The van der Waals surface area contributed by atoms with Crippen molar-refractivity contribution in [2.24, 2.45) is 0 Å². The third-order valence-electron chi connectivity index (χ3n) is 5.49. The fourth-order valence-corrected chi connectivity index (χ4v) is 3.95. The minimum atomic E-state index is -0.0609. The first-order valence-electron chi connectivity index (χ1n) is 9.98. The Morgan fingerprint density at radius 2 is 2.03 bits per heavy atom. The van der Waals surface area contributed by atoms with E-state index in [4.69, 9.17) is 14.2 Å².